The summed E-state index contributed by atoms with van der Waals surface area (Å²) in [5.41, 5.74) is 2.65. The molecule has 0 radical (unpaired) electrons. The Labute approximate surface area is 113 Å². The maximum absolute atomic E-state index is 12.3. The number of amides is 1. The van der Waals surface area contributed by atoms with Crippen LogP contribution in [0.1, 0.15) is 53.8 Å². The predicted octanol–water partition coefficient (Wildman–Crippen LogP) is 1.43. The van der Waals surface area contributed by atoms with Gasteiger partial charge in [-0.3, -0.25) is 9.89 Å². The van der Waals surface area contributed by atoms with Crippen LogP contribution in [0.5, 0.6) is 0 Å². The topological polar surface area (TPSA) is 69.8 Å². The highest BCUT2D eigenvalue weighted by Gasteiger charge is 2.41. The van der Waals surface area contributed by atoms with Gasteiger partial charge in [0.25, 0.3) is 5.91 Å². The fraction of sp³-hybridized carbons (Fsp3) is 0.714. The number of aromatic amines is 1. The second-order valence-corrected chi connectivity index (χ2v) is 6.03. The van der Waals surface area contributed by atoms with Gasteiger partial charge in [-0.1, -0.05) is 0 Å². The molecule has 1 amide bonds. The van der Waals surface area contributed by atoms with E-state index in [1.54, 1.807) is 0 Å². The van der Waals surface area contributed by atoms with Crippen molar-refractivity contribution >= 4 is 5.91 Å². The molecule has 1 aliphatic heterocycles. The first-order valence-electron chi connectivity index (χ1n) is 7.17. The molecule has 1 aromatic heterocycles. The quantitative estimate of drug-likeness (QED) is 0.755. The number of carbonyl (C=O) groups is 1. The van der Waals surface area contributed by atoms with Crippen molar-refractivity contribution in [3.63, 3.8) is 0 Å². The molecule has 104 valence electrons. The number of hydrogen-bond acceptors (Lipinski definition) is 3. The minimum Gasteiger partial charge on any atom is -0.349 e. The molecule has 3 rings (SSSR count). The van der Waals surface area contributed by atoms with Gasteiger partial charge < -0.3 is 10.6 Å². The van der Waals surface area contributed by atoms with E-state index in [0.717, 1.165) is 30.8 Å². The van der Waals surface area contributed by atoms with E-state index in [9.17, 15) is 4.79 Å². The van der Waals surface area contributed by atoms with Gasteiger partial charge in [-0.2, -0.15) is 5.10 Å². The normalized spacial score (nSPS) is 25.1. The number of hydrogen-bond donors (Lipinski definition) is 3. The molecule has 5 heteroatoms. The second-order valence-electron chi connectivity index (χ2n) is 6.03. The lowest BCUT2D eigenvalue weighted by Crippen LogP contribution is -2.59. The largest absolute Gasteiger partial charge is 0.349 e. The first kappa shape index (κ1) is 12.7. The Bertz CT molecular complexity index is 470. The summed E-state index contributed by atoms with van der Waals surface area (Å²) in [5, 5.41) is 13.8. The summed E-state index contributed by atoms with van der Waals surface area (Å²) < 4.78 is 0. The molecule has 19 heavy (non-hydrogen) atoms. The van der Waals surface area contributed by atoms with Crippen molar-refractivity contribution < 1.29 is 4.79 Å². The first-order valence-corrected chi connectivity index (χ1v) is 7.17. The van der Waals surface area contributed by atoms with E-state index in [1.165, 1.54) is 19.3 Å². The predicted molar refractivity (Wildman–Crippen MR) is 73.1 cm³/mol. The number of carbonyl (C=O) groups excluding carboxylic acids is 1. The maximum Gasteiger partial charge on any atom is 0.255 e. The highest BCUT2D eigenvalue weighted by molar-refractivity contribution is 5.96. The number of H-pyrrole nitrogens is 1. The van der Waals surface area contributed by atoms with Gasteiger partial charge in [-0.15, -0.1) is 0 Å². The van der Waals surface area contributed by atoms with Crippen LogP contribution in [0.3, 0.4) is 0 Å². The Balaban J connectivity index is 1.66. The SMILES string of the molecule is Cc1n[nH]c(C)c1C(=O)NC1CCNC2(CCC2)C1. The van der Waals surface area contributed by atoms with Gasteiger partial charge in [0.15, 0.2) is 0 Å². The average Bonchev–Trinajstić information content (AvgIpc) is 2.67. The van der Waals surface area contributed by atoms with Crippen molar-refractivity contribution in [2.45, 2.75) is 57.5 Å². The Morgan fingerprint density at radius 2 is 2.21 bits per heavy atom. The number of piperidine rings is 1. The highest BCUT2D eigenvalue weighted by Crippen LogP contribution is 2.38. The summed E-state index contributed by atoms with van der Waals surface area (Å²) in [6, 6.07) is 0.294. The number of nitrogens with one attached hydrogen (secondary N) is 3. The molecule has 0 aromatic carbocycles. The molecule has 1 spiro atoms. The van der Waals surface area contributed by atoms with E-state index in [-0.39, 0.29) is 5.91 Å². The first-order chi connectivity index (χ1) is 9.10. The minimum absolute atomic E-state index is 0.0186. The zero-order valence-electron chi connectivity index (χ0n) is 11.7. The van der Waals surface area contributed by atoms with Gasteiger partial charge in [0, 0.05) is 17.3 Å². The molecular formula is C14H22N4O. The third kappa shape index (κ3) is 2.27. The van der Waals surface area contributed by atoms with Gasteiger partial charge in [-0.05, 0) is 52.5 Å². The molecule has 1 atom stereocenters. The van der Waals surface area contributed by atoms with Crippen LogP contribution in [-0.2, 0) is 0 Å². The van der Waals surface area contributed by atoms with Crippen LogP contribution in [-0.4, -0.2) is 34.2 Å². The smallest absolute Gasteiger partial charge is 0.255 e. The van der Waals surface area contributed by atoms with Gasteiger partial charge in [0.05, 0.1) is 11.3 Å². The summed E-state index contributed by atoms with van der Waals surface area (Å²) in [5.74, 6) is 0.0186. The third-order valence-corrected chi connectivity index (χ3v) is 4.63. The fourth-order valence-corrected chi connectivity index (χ4v) is 3.41. The zero-order chi connectivity index (χ0) is 13.5. The van der Waals surface area contributed by atoms with E-state index in [1.807, 2.05) is 13.8 Å². The van der Waals surface area contributed by atoms with Gasteiger partial charge in [0.1, 0.15) is 0 Å². The zero-order valence-corrected chi connectivity index (χ0v) is 11.7. The molecule has 5 nitrogen and oxygen atoms in total. The number of rotatable bonds is 2. The van der Waals surface area contributed by atoms with Gasteiger partial charge in [-0.25, -0.2) is 0 Å². The Morgan fingerprint density at radius 1 is 1.42 bits per heavy atom. The van der Waals surface area contributed by atoms with Crippen molar-refractivity contribution in [2.75, 3.05) is 6.54 Å². The van der Waals surface area contributed by atoms with Crippen LogP contribution in [0.15, 0.2) is 0 Å². The molecule has 0 bridgehead atoms. The fourth-order valence-electron chi connectivity index (χ4n) is 3.41. The van der Waals surface area contributed by atoms with E-state index >= 15 is 0 Å². The molecule has 2 fully saturated rings. The van der Waals surface area contributed by atoms with E-state index in [4.69, 9.17) is 0 Å². The number of aromatic nitrogens is 2. The molecule has 1 aliphatic carbocycles. The maximum atomic E-state index is 12.3. The molecule has 3 N–H and O–H groups in total. The number of nitrogens with zero attached hydrogens (tertiary/aromatic N) is 1. The Hall–Kier alpha value is -1.36. The molecule has 1 unspecified atom stereocenters. The van der Waals surface area contributed by atoms with E-state index in [0.29, 0.717) is 17.1 Å². The lowest BCUT2D eigenvalue weighted by Gasteiger charge is -2.48. The third-order valence-electron chi connectivity index (χ3n) is 4.63. The molecule has 1 saturated carbocycles. The Morgan fingerprint density at radius 3 is 2.79 bits per heavy atom. The molecular weight excluding hydrogens is 240 g/mol. The minimum atomic E-state index is 0.0186. The van der Waals surface area contributed by atoms with Crippen LogP contribution >= 0.6 is 0 Å². The van der Waals surface area contributed by atoms with Crippen LogP contribution < -0.4 is 10.6 Å². The monoisotopic (exact) mass is 262 g/mol. The highest BCUT2D eigenvalue weighted by atomic mass is 16.1. The lowest BCUT2D eigenvalue weighted by atomic mass is 9.70. The summed E-state index contributed by atoms with van der Waals surface area (Å²) in [6.45, 7) is 4.77. The molecule has 1 saturated heterocycles. The van der Waals surface area contributed by atoms with E-state index < -0.39 is 0 Å². The van der Waals surface area contributed by atoms with Crippen molar-refractivity contribution in [2.24, 2.45) is 0 Å². The van der Waals surface area contributed by atoms with Crippen LogP contribution in [0, 0.1) is 13.8 Å². The van der Waals surface area contributed by atoms with Crippen molar-refractivity contribution in [3.05, 3.63) is 17.0 Å². The molecule has 1 aromatic rings. The van der Waals surface area contributed by atoms with Crippen molar-refractivity contribution in [1.29, 1.82) is 0 Å². The van der Waals surface area contributed by atoms with E-state index in [2.05, 4.69) is 20.8 Å². The summed E-state index contributed by atoms with van der Waals surface area (Å²) >= 11 is 0. The summed E-state index contributed by atoms with van der Waals surface area (Å²) in [7, 11) is 0. The standard InChI is InChI=1S/C14H22N4O/c1-9-12(10(2)18-17-9)13(19)16-11-4-7-15-14(8-11)5-3-6-14/h11,15H,3-8H2,1-2H3,(H,16,19)(H,17,18). The molecule has 2 heterocycles. The second kappa shape index (κ2) is 4.63. The summed E-state index contributed by atoms with van der Waals surface area (Å²) in [6.07, 6.45) is 5.90. The van der Waals surface area contributed by atoms with Crippen LogP contribution in [0.4, 0.5) is 0 Å². The van der Waals surface area contributed by atoms with Crippen LogP contribution in [0.2, 0.25) is 0 Å². The van der Waals surface area contributed by atoms with Gasteiger partial charge in [0.2, 0.25) is 0 Å². The molecule has 2 aliphatic rings. The van der Waals surface area contributed by atoms with Crippen LogP contribution in [0.25, 0.3) is 0 Å². The van der Waals surface area contributed by atoms with Gasteiger partial charge >= 0.3 is 0 Å². The Kier molecular flexibility index (Phi) is 3.09. The van der Waals surface area contributed by atoms with Crippen molar-refractivity contribution in [1.82, 2.24) is 20.8 Å². The number of aryl methyl sites for hydroxylation is 2. The lowest BCUT2D eigenvalue weighted by molar-refractivity contribution is 0.0852. The summed E-state index contributed by atoms with van der Waals surface area (Å²) in [4.78, 5) is 12.3. The van der Waals surface area contributed by atoms with Crippen molar-refractivity contribution in [3.8, 4) is 0 Å². The average molecular weight is 262 g/mol.